The first-order valence-corrected chi connectivity index (χ1v) is 9.73. The van der Waals surface area contributed by atoms with Gasteiger partial charge in [-0.15, -0.1) is 0 Å². The summed E-state index contributed by atoms with van der Waals surface area (Å²) in [5.74, 6) is 0.400. The number of nitro groups is 1. The number of hydrogen-bond acceptors (Lipinski definition) is 6. The molecule has 0 radical (unpaired) electrons. The van der Waals surface area contributed by atoms with Crippen molar-refractivity contribution in [1.29, 1.82) is 0 Å². The summed E-state index contributed by atoms with van der Waals surface area (Å²) in [6, 6.07) is 13.6. The second-order valence-corrected chi connectivity index (χ2v) is 6.87. The highest BCUT2D eigenvalue weighted by Gasteiger charge is 2.18. The molecule has 0 bridgehead atoms. The van der Waals surface area contributed by atoms with Gasteiger partial charge in [0, 0.05) is 6.54 Å². The van der Waals surface area contributed by atoms with Gasteiger partial charge in [0.1, 0.15) is 24.7 Å². The summed E-state index contributed by atoms with van der Waals surface area (Å²) in [5.41, 5.74) is 0.656. The van der Waals surface area contributed by atoms with E-state index in [-0.39, 0.29) is 18.0 Å². The van der Waals surface area contributed by atoms with Crippen LogP contribution in [-0.2, 0) is 11.3 Å². The Hall–Kier alpha value is -3.13. The molecule has 1 amide bonds. The lowest BCUT2D eigenvalue weighted by Gasteiger charge is -2.26. The second kappa shape index (κ2) is 10.4. The molecule has 0 spiro atoms. The number of carbonyl (C=O) groups is 1. The molecule has 1 aliphatic rings. The SMILES string of the molecule is O=C(Nc1ccc(OCCN2CCCCC2)cc1[N+](=O)[O-])OCc1ccccc1. The maximum atomic E-state index is 12.0. The van der Waals surface area contributed by atoms with E-state index in [1.54, 1.807) is 6.07 Å². The van der Waals surface area contributed by atoms with Gasteiger partial charge in [-0.2, -0.15) is 0 Å². The minimum absolute atomic E-state index is 0.0662. The van der Waals surface area contributed by atoms with E-state index in [0.717, 1.165) is 25.2 Å². The summed E-state index contributed by atoms with van der Waals surface area (Å²) in [5, 5.41) is 13.8. The summed E-state index contributed by atoms with van der Waals surface area (Å²) < 4.78 is 10.8. The third kappa shape index (κ3) is 6.46. The van der Waals surface area contributed by atoms with Crippen LogP contribution in [0.3, 0.4) is 0 Å². The van der Waals surface area contributed by atoms with Gasteiger partial charge >= 0.3 is 6.09 Å². The fraction of sp³-hybridized carbons (Fsp3) is 0.381. The van der Waals surface area contributed by atoms with Gasteiger partial charge in [0.25, 0.3) is 5.69 Å². The Balaban J connectivity index is 1.54. The summed E-state index contributed by atoms with van der Waals surface area (Å²) in [6.45, 7) is 3.47. The van der Waals surface area contributed by atoms with Crippen LogP contribution < -0.4 is 10.1 Å². The number of likely N-dealkylation sites (tertiary alicyclic amines) is 1. The van der Waals surface area contributed by atoms with Crippen LogP contribution in [-0.4, -0.2) is 42.2 Å². The maximum absolute atomic E-state index is 12.0. The molecular formula is C21H25N3O5. The van der Waals surface area contributed by atoms with E-state index >= 15 is 0 Å². The first kappa shape index (κ1) is 20.6. The second-order valence-electron chi connectivity index (χ2n) is 6.87. The summed E-state index contributed by atoms with van der Waals surface area (Å²) >= 11 is 0. The number of carbonyl (C=O) groups excluding carboxylic acids is 1. The van der Waals surface area contributed by atoms with Crippen LogP contribution in [0.25, 0.3) is 0 Å². The number of ether oxygens (including phenoxy) is 2. The minimum Gasteiger partial charge on any atom is -0.492 e. The van der Waals surface area contributed by atoms with Gasteiger partial charge in [-0.05, 0) is 43.6 Å². The van der Waals surface area contributed by atoms with E-state index in [4.69, 9.17) is 9.47 Å². The molecule has 8 nitrogen and oxygen atoms in total. The molecule has 1 aliphatic heterocycles. The molecule has 2 aromatic carbocycles. The van der Waals surface area contributed by atoms with Gasteiger partial charge in [-0.3, -0.25) is 20.3 Å². The summed E-state index contributed by atoms with van der Waals surface area (Å²) in [6.07, 6.45) is 2.92. The Morgan fingerprint density at radius 3 is 2.59 bits per heavy atom. The molecule has 0 aliphatic carbocycles. The van der Waals surface area contributed by atoms with Crippen molar-refractivity contribution in [2.75, 3.05) is 31.6 Å². The van der Waals surface area contributed by atoms with Crippen LogP contribution in [0.5, 0.6) is 5.75 Å². The van der Waals surface area contributed by atoms with Gasteiger partial charge in [-0.1, -0.05) is 36.8 Å². The lowest BCUT2D eigenvalue weighted by Crippen LogP contribution is -2.33. The molecule has 29 heavy (non-hydrogen) atoms. The summed E-state index contributed by atoms with van der Waals surface area (Å²) in [4.78, 5) is 25.2. The zero-order chi connectivity index (χ0) is 20.5. The topological polar surface area (TPSA) is 93.9 Å². The lowest BCUT2D eigenvalue weighted by molar-refractivity contribution is -0.384. The lowest BCUT2D eigenvalue weighted by atomic mass is 10.1. The highest BCUT2D eigenvalue weighted by Crippen LogP contribution is 2.29. The molecule has 1 saturated heterocycles. The van der Waals surface area contributed by atoms with Gasteiger partial charge in [0.15, 0.2) is 0 Å². The smallest absolute Gasteiger partial charge is 0.412 e. The number of nitrogens with one attached hydrogen (secondary N) is 1. The fourth-order valence-corrected chi connectivity index (χ4v) is 3.20. The average Bonchev–Trinajstić information content (AvgIpc) is 2.74. The molecule has 154 valence electrons. The molecule has 0 unspecified atom stereocenters. The van der Waals surface area contributed by atoms with Crippen molar-refractivity contribution in [3.05, 3.63) is 64.2 Å². The van der Waals surface area contributed by atoms with Crippen LogP contribution in [0.4, 0.5) is 16.2 Å². The molecular weight excluding hydrogens is 374 g/mol. The molecule has 3 rings (SSSR count). The van der Waals surface area contributed by atoms with E-state index in [9.17, 15) is 14.9 Å². The van der Waals surface area contributed by atoms with Crippen LogP contribution >= 0.6 is 0 Å². The third-order valence-electron chi connectivity index (χ3n) is 4.74. The molecule has 0 atom stereocenters. The Bertz CT molecular complexity index is 822. The van der Waals surface area contributed by atoms with Gasteiger partial charge in [-0.25, -0.2) is 4.79 Å². The number of nitrogens with zero attached hydrogens (tertiary/aromatic N) is 2. The maximum Gasteiger partial charge on any atom is 0.412 e. The number of nitro benzene ring substituents is 1. The number of amides is 1. The molecule has 2 aromatic rings. The fourth-order valence-electron chi connectivity index (χ4n) is 3.20. The number of hydrogen-bond donors (Lipinski definition) is 1. The highest BCUT2D eigenvalue weighted by molar-refractivity contribution is 5.88. The highest BCUT2D eigenvalue weighted by atomic mass is 16.6. The van der Waals surface area contributed by atoms with Crippen LogP contribution in [0.1, 0.15) is 24.8 Å². The Morgan fingerprint density at radius 2 is 1.86 bits per heavy atom. The number of anilines is 1. The zero-order valence-electron chi connectivity index (χ0n) is 16.2. The van der Waals surface area contributed by atoms with E-state index < -0.39 is 11.0 Å². The van der Waals surface area contributed by atoms with Crippen molar-refractivity contribution in [1.82, 2.24) is 4.90 Å². The van der Waals surface area contributed by atoms with Crippen molar-refractivity contribution in [3.63, 3.8) is 0 Å². The van der Waals surface area contributed by atoms with Crippen LogP contribution in [0.15, 0.2) is 48.5 Å². The van der Waals surface area contributed by atoms with E-state index in [2.05, 4.69) is 10.2 Å². The average molecular weight is 399 g/mol. The predicted molar refractivity (Wildman–Crippen MR) is 109 cm³/mol. The van der Waals surface area contributed by atoms with E-state index in [1.807, 2.05) is 30.3 Å². The number of benzene rings is 2. The number of rotatable bonds is 8. The largest absolute Gasteiger partial charge is 0.492 e. The van der Waals surface area contributed by atoms with Crippen molar-refractivity contribution in [3.8, 4) is 5.75 Å². The molecule has 0 saturated carbocycles. The monoisotopic (exact) mass is 399 g/mol. The molecule has 1 fully saturated rings. The van der Waals surface area contributed by atoms with E-state index in [0.29, 0.717) is 12.4 Å². The van der Waals surface area contributed by atoms with Crippen molar-refractivity contribution in [2.24, 2.45) is 0 Å². The Kier molecular flexibility index (Phi) is 7.40. The van der Waals surface area contributed by atoms with E-state index in [1.165, 1.54) is 31.4 Å². The quantitative estimate of drug-likeness (QED) is 0.528. The third-order valence-corrected chi connectivity index (χ3v) is 4.74. The molecule has 1 heterocycles. The van der Waals surface area contributed by atoms with Gasteiger partial charge in [0.05, 0.1) is 11.0 Å². The van der Waals surface area contributed by atoms with Gasteiger partial charge < -0.3 is 9.47 Å². The minimum atomic E-state index is -0.754. The Labute approximate surface area is 169 Å². The van der Waals surface area contributed by atoms with Gasteiger partial charge in [0.2, 0.25) is 0 Å². The predicted octanol–water partition coefficient (Wildman–Crippen LogP) is 4.21. The Morgan fingerprint density at radius 1 is 1.10 bits per heavy atom. The molecule has 0 aromatic heterocycles. The van der Waals surface area contributed by atoms with Crippen LogP contribution in [0, 0.1) is 10.1 Å². The summed E-state index contributed by atoms with van der Waals surface area (Å²) in [7, 11) is 0. The molecule has 8 heteroatoms. The van der Waals surface area contributed by atoms with Crippen LogP contribution in [0.2, 0.25) is 0 Å². The van der Waals surface area contributed by atoms with Crippen molar-refractivity contribution in [2.45, 2.75) is 25.9 Å². The molecule has 1 N–H and O–H groups in total. The first-order valence-electron chi connectivity index (χ1n) is 9.73. The van der Waals surface area contributed by atoms with Crippen molar-refractivity contribution < 1.29 is 19.2 Å². The normalized spacial score (nSPS) is 14.2. The standard InChI is InChI=1S/C21H25N3O5/c25-21(29-16-17-7-3-1-4-8-17)22-19-10-9-18(15-20(19)24(26)27)28-14-13-23-11-5-2-6-12-23/h1,3-4,7-10,15H,2,5-6,11-14,16H2,(H,22,25). The first-order chi connectivity index (χ1) is 14.1. The number of piperidine rings is 1. The van der Waals surface area contributed by atoms with Crippen molar-refractivity contribution >= 4 is 17.5 Å². The zero-order valence-corrected chi connectivity index (χ0v) is 16.2.